The van der Waals surface area contributed by atoms with E-state index in [0.29, 0.717) is 5.88 Å². The normalized spacial score (nSPS) is 19.6. The van der Waals surface area contributed by atoms with E-state index >= 15 is 0 Å². The molecule has 1 aromatic carbocycles. The minimum absolute atomic E-state index is 0.104. The third kappa shape index (κ3) is 3.70. The van der Waals surface area contributed by atoms with E-state index in [2.05, 4.69) is 4.98 Å². The van der Waals surface area contributed by atoms with Crippen LogP contribution in [0.3, 0.4) is 0 Å². The molecule has 152 valence electrons. The zero-order valence-electron chi connectivity index (χ0n) is 16.4. The smallest absolute Gasteiger partial charge is 0.411 e. The van der Waals surface area contributed by atoms with Gasteiger partial charge in [0.25, 0.3) is 0 Å². The second-order valence-corrected chi connectivity index (χ2v) is 8.08. The van der Waals surface area contributed by atoms with Crippen molar-refractivity contribution < 1.29 is 28.6 Å². The largest absolute Gasteiger partial charge is 0.480 e. The molecular weight excluding hydrogens is 376 g/mol. The molecule has 8 nitrogen and oxygen atoms in total. The summed E-state index contributed by atoms with van der Waals surface area (Å²) in [6, 6.07) is 6.52. The van der Waals surface area contributed by atoms with E-state index in [4.69, 9.17) is 13.9 Å². The van der Waals surface area contributed by atoms with Gasteiger partial charge in [-0.2, -0.15) is 0 Å². The number of aliphatic carboxylic acids is 1. The lowest BCUT2D eigenvalue weighted by atomic mass is 10.1. The van der Waals surface area contributed by atoms with Gasteiger partial charge in [-0.05, 0) is 39.0 Å². The minimum Gasteiger partial charge on any atom is -0.480 e. The molecule has 8 heteroatoms. The molecule has 1 unspecified atom stereocenters. The Morgan fingerprint density at radius 3 is 2.72 bits per heavy atom. The summed E-state index contributed by atoms with van der Waals surface area (Å²) in [4.78, 5) is 29.7. The van der Waals surface area contributed by atoms with Crippen LogP contribution >= 0.6 is 0 Å². The molecule has 3 heterocycles. The van der Waals surface area contributed by atoms with Crippen LogP contribution in [0.15, 0.2) is 41.1 Å². The van der Waals surface area contributed by atoms with Crippen molar-refractivity contribution >= 4 is 33.8 Å². The van der Waals surface area contributed by atoms with E-state index in [1.54, 1.807) is 33.2 Å². The Kier molecular flexibility index (Phi) is 4.56. The maximum atomic E-state index is 12.5. The number of benzene rings is 1. The number of carboxylic acid groups (broad SMARTS) is 1. The molecule has 0 bridgehead atoms. The highest BCUT2D eigenvalue weighted by Gasteiger charge is 2.43. The van der Waals surface area contributed by atoms with Gasteiger partial charge < -0.3 is 19.0 Å². The number of nitrogens with zero attached hydrogens (tertiary/aromatic N) is 2. The molecule has 0 radical (unpaired) electrons. The molecule has 4 rings (SSSR count). The average molecular weight is 398 g/mol. The number of hydrogen-bond donors (Lipinski definition) is 1. The number of carboxylic acids is 1. The average Bonchev–Trinajstić information content (AvgIpc) is 3.27. The van der Waals surface area contributed by atoms with E-state index in [0.717, 1.165) is 21.7 Å². The monoisotopic (exact) mass is 398 g/mol. The molecule has 29 heavy (non-hydrogen) atoms. The van der Waals surface area contributed by atoms with Gasteiger partial charge in [0.1, 0.15) is 23.3 Å². The summed E-state index contributed by atoms with van der Waals surface area (Å²) in [7, 11) is 0. The number of pyridine rings is 1. The summed E-state index contributed by atoms with van der Waals surface area (Å²) < 4.78 is 17.0. The highest BCUT2D eigenvalue weighted by atomic mass is 16.6. The molecule has 1 N–H and O–H groups in total. The Balaban J connectivity index is 1.60. The lowest BCUT2D eigenvalue weighted by molar-refractivity contribution is -0.142. The lowest BCUT2D eigenvalue weighted by Gasteiger charge is -2.26. The highest BCUT2D eigenvalue weighted by molar-refractivity contribution is 6.05. The van der Waals surface area contributed by atoms with Gasteiger partial charge in [-0.15, -0.1) is 0 Å². The number of amides is 1. The Morgan fingerprint density at radius 1 is 1.21 bits per heavy atom. The predicted molar refractivity (Wildman–Crippen MR) is 105 cm³/mol. The summed E-state index contributed by atoms with van der Waals surface area (Å²) in [5.41, 5.74) is 0.0185. The first-order valence-corrected chi connectivity index (χ1v) is 9.37. The molecule has 0 spiro atoms. The first-order chi connectivity index (χ1) is 13.7. The van der Waals surface area contributed by atoms with Crippen molar-refractivity contribution in [2.45, 2.75) is 44.9 Å². The quantitative estimate of drug-likeness (QED) is 0.715. The highest BCUT2D eigenvalue weighted by Crippen LogP contribution is 2.32. The van der Waals surface area contributed by atoms with E-state index in [9.17, 15) is 14.7 Å². The number of furan rings is 1. The van der Waals surface area contributed by atoms with Crippen LogP contribution in [0.5, 0.6) is 5.88 Å². The molecule has 1 fully saturated rings. The summed E-state index contributed by atoms with van der Waals surface area (Å²) in [6.07, 6.45) is 2.20. The van der Waals surface area contributed by atoms with Crippen molar-refractivity contribution in [3.05, 3.63) is 36.7 Å². The number of rotatable bonds is 3. The van der Waals surface area contributed by atoms with Crippen LogP contribution in [0.4, 0.5) is 4.79 Å². The molecule has 3 aromatic rings. The van der Waals surface area contributed by atoms with Gasteiger partial charge in [0, 0.05) is 28.8 Å². The summed E-state index contributed by atoms with van der Waals surface area (Å²) in [5, 5.41) is 12.1. The van der Waals surface area contributed by atoms with Gasteiger partial charge in [0.2, 0.25) is 5.88 Å². The van der Waals surface area contributed by atoms with Crippen molar-refractivity contribution in [2.75, 3.05) is 6.54 Å². The van der Waals surface area contributed by atoms with Crippen LogP contribution in [-0.4, -0.2) is 51.3 Å². The fourth-order valence-electron chi connectivity index (χ4n) is 3.55. The number of fused-ring (bicyclic) bond motifs is 3. The Morgan fingerprint density at radius 2 is 2.00 bits per heavy atom. The fourth-order valence-corrected chi connectivity index (χ4v) is 3.55. The van der Waals surface area contributed by atoms with Gasteiger partial charge in [0.05, 0.1) is 12.8 Å². The molecular formula is C21H22N2O6. The molecule has 2 atom stereocenters. The molecule has 2 aromatic heterocycles. The Bertz CT molecular complexity index is 1080. The first-order valence-electron chi connectivity index (χ1n) is 9.37. The third-order valence-electron chi connectivity index (χ3n) is 4.78. The number of carbonyl (C=O) groups is 2. The molecule has 1 amide bonds. The van der Waals surface area contributed by atoms with Crippen molar-refractivity contribution in [1.82, 2.24) is 9.88 Å². The van der Waals surface area contributed by atoms with E-state index in [1.165, 1.54) is 4.90 Å². The zero-order valence-corrected chi connectivity index (χ0v) is 16.4. The van der Waals surface area contributed by atoms with Crippen molar-refractivity contribution in [3.8, 4) is 5.88 Å². The summed E-state index contributed by atoms with van der Waals surface area (Å²) >= 11 is 0. The Hall–Kier alpha value is -3.29. The van der Waals surface area contributed by atoms with Crippen molar-refractivity contribution in [2.24, 2.45) is 0 Å². The lowest BCUT2D eigenvalue weighted by Crippen LogP contribution is -2.43. The van der Waals surface area contributed by atoms with Crippen LogP contribution in [-0.2, 0) is 9.53 Å². The van der Waals surface area contributed by atoms with E-state index < -0.39 is 29.8 Å². The SMILES string of the molecule is CC(C)(C)OC(=O)N1C[C@H](Oc2nccc3c2ccc2ccoc23)CC1C(=O)O. The maximum Gasteiger partial charge on any atom is 0.411 e. The first kappa shape index (κ1) is 19.0. The van der Waals surface area contributed by atoms with Crippen LogP contribution < -0.4 is 4.74 Å². The maximum absolute atomic E-state index is 12.5. The van der Waals surface area contributed by atoms with Gasteiger partial charge in [-0.1, -0.05) is 6.07 Å². The zero-order chi connectivity index (χ0) is 20.8. The van der Waals surface area contributed by atoms with Crippen molar-refractivity contribution in [3.63, 3.8) is 0 Å². The van der Waals surface area contributed by atoms with E-state index in [-0.39, 0.29) is 13.0 Å². The Labute approximate surface area is 167 Å². The molecule has 1 aliphatic rings. The standard InChI is InChI=1S/C21H22N2O6/c1-21(2,3)29-20(26)23-11-13(10-16(23)19(24)25)28-18-15-5-4-12-7-9-27-17(12)14(15)6-8-22-18/h4-9,13,16H,10-11H2,1-3H3,(H,24,25)/t13-,16?/m1/s1. The molecule has 1 saturated heterocycles. The van der Waals surface area contributed by atoms with Crippen LogP contribution in [0, 0.1) is 0 Å². The number of ether oxygens (including phenoxy) is 2. The second-order valence-electron chi connectivity index (χ2n) is 8.08. The topological polar surface area (TPSA) is 102 Å². The van der Waals surface area contributed by atoms with E-state index in [1.807, 2.05) is 24.3 Å². The second kappa shape index (κ2) is 6.95. The summed E-state index contributed by atoms with van der Waals surface area (Å²) in [6.45, 7) is 5.31. The summed E-state index contributed by atoms with van der Waals surface area (Å²) in [5.74, 6) is -0.717. The minimum atomic E-state index is -1.09. The molecule has 0 saturated carbocycles. The van der Waals surface area contributed by atoms with Gasteiger partial charge in [-0.25, -0.2) is 14.6 Å². The number of carbonyl (C=O) groups excluding carboxylic acids is 1. The number of hydrogen-bond acceptors (Lipinski definition) is 6. The van der Waals surface area contributed by atoms with Gasteiger partial charge in [0.15, 0.2) is 0 Å². The predicted octanol–water partition coefficient (Wildman–Crippen LogP) is 3.82. The molecule has 1 aliphatic heterocycles. The number of likely N-dealkylation sites (tertiary alicyclic amines) is 1. The van der Waals surface area contributed by atoms with Crippen LogP contribution in [0.1, 0.15) is 27.2 Å². The third-order valence-corrected chi connectivity index (χ3v) is 4.78. The van der Waals surface area contributed by atoms with Crippen LogP contribution in [0.25, 0.3) is 21.7 Å². The van der Waals surface area contributed by atoms with Gasteiger partial charge in [-0.3, -0.25) is 4.90 Å². The van der Waals surface area contributed by atoms with Gasteiger partial charge >= 0.3 is 12.1 Å². The van der Waals surface area contributed by atoms with Crippen LogP contribution in [0.2, 0.25) is 0 Å². The molecule has 0 aliphatic carbocycles. The van der Waals surface area contributed by atoms with Crippen molar-refractivity contribution in [1.29, 1.82) is 0 Å². The number of aromatic nitrogens is 1. The fraction of sp³-hybridized carbons (Fsp3) is 0.381.